The second kappa shape index (κ2) is 5.60. The molecule has 1 saturated heterocycles. The first-order valence-electron chi connectivity index (χ1n) is 6.99. The molecule has 0 saturated carbocycles. The van der Waals surface area contributed by atoms with Crippen molar-refractivity contribution in [2.45, 2.75) is 30.7 Å². The van der Waals surface area contributed by atoms with Gasteiger partial charge in [0.2, 0.25) is 10.0 Å². The van der Waals surface area contributed by atoms with Crippen LogP contribution in [0.2, 0.25) is 0 Å². The summed E-state index contributed by atoms with van der Waals surface area (Å²) >= 11 is 1.41. The highest BCUT2D eigenvalue weighted by atomic mass is 32.2. The van der Waals surface area contributed by atoms with E-state index in [9.17, 15) is 18.3 Å². The Morgan fingerprint density at radius 1 is 1.50 bits per heavy atom. The van der Waals surface area contributed by atoms with Crippen molar-refractivity contribution < 1.29 is 18.3 Å². The van der Waals surface area contributed by atoms with E-state index in [0.29, 0.717) is 12.8 Å². The van der Waals surface area contributed by atoms with Crippen molar-refractivity contribution in [3.63, 3.8) is 0 Å². The summed E-state index contributed by atoms with van der Waals surface area (Å²) in [6.07, 6.45) is 2.69. The lowest BCUT2D eigenvalue weighted by molar-refractivity contribution is -0.144. The Kier molecular flexibility index (Phi) is 3.92. The molecule has 6 nitrogen and oxygen atoms in total. The molecule has 2 aromatic heterocycles. The van der Waals surface area contributed by atoms with Crippen LogP contribution in [0.5, 0.6) is 0 Å². The Hall–Kier alpha value is -1.51. The topological polar surface area (TPSA) is 87.6 Å². The van der Waals surface area contributed by atoms with Gasteiger partial charge in [-0.3, -0.25) is 9.78 Å². The molecule has 8 heteroatoms. The summed E-state index contributed by atoms with van der Waals surface area (Å²) in [5.74, 6) is -1.31. The molecule has 0 amide bonds. The monoisotopic (exact) mass is 340 g/mol. The number of carbonyl (C=O) groups is 1. The van der Waals surface area contributed by atoms with Crippen molar-refractivity contribution in [1.29, 1.82) is 0 Å². The zero-order valence-corrected chi connectivity index (χ0v) is 13.6. The predicted molar refractivity (Wildman–Crippen MR) is 83.3 cm³/mol. The van der Waals surface area contributed by atoms with Gasteiger partial charge in [0, 0.05) is 12.7 Å². The minimum absolute atomic E-state index is 0.0581. The minimum atomic E-state index is -3.86. The number of hydrogen-bond acceptors (Lipinski definition) is 5. The molecule has 1 fully saturated rings. The van der Waals surface area contributed by atoms with Gasteiger partial charge in [0.25, 0.3) is 0 Å². The van der Waals surface area contributed by atoms with Crippen LogP contribution in [0.1, 0.15) is 19.8 Å². The first-order valence-corrected chi connectivity index (χ1v) is 9.31. The van der Waals surface area contributed by atoms with Gasteiger partial charge < -0.3 is 5.11 Å². The zero-order valence-electron chi connectivity index (χ0n) is 12.0. The lowest BCUT2D eigenvalue weighted by Gasteiger charge is -2.36. The molecular formula is C14H16N2O4S2. The number of nitrogens with zero attached hydrogens (tertiary/aromatic N) is 2. The van der Waals surface area contributed by atoms with Crippen LogP contribution in [0.25, 0.3) is 10.2 Å². The Labute approximate surface area is 132 Å². The molecule has 0 spiro atoms. The Morgan fingerprint density at radius 3 is 3.00 bits per heavy atom. The fraction of sp³-hybridized carbons (Fsp3) is 0.429. The summed E-state index contributed by atoms with van der Waals surface area (Å²) in [5.41, 5.74) is 0.741. The number of hydrogen-bond donors (Lipinski definition) is 1. The summed E-state index contributed by atoms with van der Waals surface area (Å²) in [6, 6.07) is 2.37. The summed E-state index contributed by atoms with van der Waals surface area (Å²) in [4.78, 5) is 15.7. The molecule has 1 aliphatic rings. The molecule has 1 N–H and O–H groups in total. The number of rotatable bonds is 3. The van der Waals surface area contributed by atoms with E-state index in [1.54, 1.807) is 13.0 Å². The van der Waals surface area contributed by atoms with Crippen molar-refractivity contribution in [3.8, 4) is 0 Å². The third-order valence-corrected chi connectivity index (χ3v) is 6.72. The van der Waals surface area contributed by atoms with Gasteiger partial charge in [0.15, 0.2) is 0 Å². The Bertz CT molecular complexity index is 815. The van der Waals surface area contributed by atoms with Crippen LogP contribution in [0, 0.1) is 5.92 Å². The fourth-order valence-corrected chi connectivity index (χ4v) is 5.44. The molecule has 2 atom stereocenters. The number of pyridine rings is 1. The number of piperidine rings is 1. The van der Waals surface area contributed by atoms with Gasteiger partial charge in [-0.1, -0.05) is 6.92 Å². The average Bonchev–Trinajstić information content (AvgIpc) is 2.93. The van der Waals surface area contributed by atoms with E-state index >= 15 is 0 Å². The molecular weight excluding hydrogens is 324 g/mol. The molecule has 22 heavy (non-hydrogen) atoms. The fourth-order valence-electron chi connectivity index (χ4n) is 2.89. The number of carboxylic acids is 1. The molecule has 2 unspecified atom stereocenters. The van der Waals surface area contributed by atoms with Crippen LogP contribution in [0.15, 0.2) is 28.6 Å². The van der Waals surface area contributed by atoms with Crippen LogP contribution in [-0.4, -0.2) is 41.4 Å². The standard InChI is InChI=1S/C14H16N2O4S2/c1-9-3-2-5-16(13(9)14(17)18)22(19,20)10-7-12-11(15-8-10)4-6-21-12/h4,6-9,13H,2-3,5H2,1H3,(H,17,18). The van der Waals surface area contributed by atoms with E-state index < -0.39 is 22.0 Å². The van der Waals surface area contributed by atoms with Crippen molar-refractivity contribution in [2.24, 2.45) is 5.92 Å². The smallest absolute Gasteiger partial charge is 0.322 e. The minimum Gasteiger partial charge on any atom is -0.480 e. The quantitative estimate of drug-likeness (QED) is 0.925. The van der Waals surface area contributed by atoms with Gasteiger partial charge in [-0.25, -0.2) is 8.42 Å². The summed E-state index contributed by atoms with van der Waals surface area (Å²) in [7, 11) is -3.86. The highest BCUT2D eigenvalue weighted by Crippen LogP contribution is 2.30. The van der Waals surface area contributed by atoms with Gasteiger partial charge in [0.05, 0.1) is 10.2 Å². The molecule has 0 aliphatic carbocycles. The third kappa shape index (κ3) is 2.51. The van der Waals surface area contributed by atoms with Crippen molar-refractivity contribution in [1.82, 2.24) is 9.29 Å². The summed E-state index contributed by atoms with van der Waals surface area (Å²) in [6.45, 7) is 2.01. The number of aromatic nitrogens is 1. The van der Waals surface area contributed by atoms with E-state index in [-0.39, 0.29) is 17.4 Å². The number of aliphatic carboxylic acids is 1. The molecule has 0 radical (unpaired) electrons. The van der Waals surface area contributed by atoms with Crippen molar-refractivity contribution in [3.05, 3.63) is 23.7 Å². The average molecular weight is 340 g/mol. The van der Waals surface area contributed by atoms with E-state index in [0.717, 1.165) is 14.5 Å². The first kappa shape index (κ1) is 15.4. The zero-order chi connectivity index (χ0) is 15.9. The van der Waals surface area contributed by atoms with Gasteiger partial charge in [-0.2, -0.15) is 4.31 Å². The Balaban J connectivity index is 2.05. The van der Waals surface area contributed by atoms with Gasteiger partial charge in [-0.05, 0) is 36.3 Å². The van der Waals surface area contributed by atoms with Gasteiger partial charge >= 0.3 is 5.97 Å². The van der Waals surface area contributed by atoms with Crippen LogP contribution >= 0.6 is 11.3 Å². The van der Waals surface area contributed by atoms with Gasteiger partial charge in [0.1, 0.15) is 10.9 Å². The van der Waals surface area contributed by atoms with Crippen LogP contribution < -0.4 is 0 Å². The van der Waals surface area contributed by atoms with Crippen LogP contribution in [0.3, 0.4) is 0 Å². The maximum atomic E-state index is 12.8. The van der Waals surface area contributed by atoms with Crippen LogP contribution in [0.4, 0.5) is 0 Å². The lowest BCUT2D eigenvalue weighted by Crippen LogP contribution is -2.51. The molecule has 3 heterocycles. The predicted octanol–water partition coefficient (Wildman–Crippen LogP) is 2.17. The van der Waals surface area contributed by atoms with E-state index in [2.05, 4.69) is 4.98 Å². The number of sulfonamides is 1. The SMILES string of the molecule is CC1CCCN(S(=O)(=O)c2cnc3ccsc3c2)C1C(=O)O. The first-order chi connectivity index (χ1) is 10.4. The molecule has 0 aromatic carbocycles. The highest BCUT2D eigenvalue weighted by Gasteiger charge is 2.41. The maximum Gasteiger partial charge on any atom is 0.322 e. The van der Waals surface area contributed by atoms with E-state index in [1.807, 2.05) is 11.4 Å². The van der Waals surface area contributed by atoms with Gasteiger partial charge in [-0.15, -0.1) is 11.3 Å². The number of thiophene rings is 1. The summed E-state index contributed by atoms with van der Waals surface area (Å²) in [5, 5.41) is 11.3. The summed E-state index contributed by atoms with van der Waals surface area (Å²) < 4.78 is 27.6. The lowest BCUT2D eigenvalue weighted by atomic mass is 9.93. The number of carboxylic acid groups (broad SMARTS) is 1. The van der Waals surface area contributed by atoms with Crippen LogP contribution in [-0.2, 0) is 14.8 Å². The van der Waals surface area contributed by atoms with Crippen molar-refractivity contribution in [2.75, 3.05) is 6.54 Å². The highest BCUT2D eigenvalue weighted by molar-refractivity contribution is 7.89. The maximum absolute atomic E-state index is 12.8. The molecule has 2 aromatic rings. The van der Waals surface area contributed by atoms with Crippen molar-refractivity contribution >= 4 is 37.5 Å². The molecule has 3 rings (SSSR count). The molecule has 1 aliphatic heterocycles. The second-order valence-electron chi connectivity index (χ2n) is 5.49. The molecule has 0 bridgehead atoms. The Morgan fingerprint density at radius 2 is 2.27 bits per heavy atom. The molecule has 118 valence electrons. The largest absolute Gasteiger partial charge is 0.480 e. The van der Waals surface area contributed by atoms with E-state index in [4.69, 9.17) is 0 Å². The normalized spacial score (nSPS) is 23.7. The number of fused-ring (bicyclic) bond motifs is 1. The third-order valence-electron chi connectivity index (χ3n) is 4.02. The second-order valence-corrected chi connectivity index (χ2v) is 8.33. The van der Waals surface area contributed by atoms with E-state index in [1.165, 1.54) is 17.5 Å².